The summed E-state index contributed by atoms with van der Waals surface area (Å²) in [6, 6.07) is 18.1. The molecule has 2 aliphatic heterocycles. The van der Waals surface area contributed by atoms with Crippen LogP contribution in [0.15, 0.2) is 65.8 Å². The lowest BCUT2D eigenvalue weighted by Crippen LogP contribution is -2.33. The summed E-state index contributed by atoms with van der Waals surface area (Å²) in [5.74, 6) is 2.01. The highest BCUT2D eigenvalue weighted by Crippen LogP contribution is 2.48. The van der Waals surface area contributed by atoms with E-state index in [2.05, 4.69) is 0 Å². The molecule has 2 heterocycles. The number of phenols is 2. The Hall–Kier alpha value is -3.87. The molecule has 0 amide bonds. The molecule has 0 fully saturated rings. The zero-order valence-corrected chi connectivity index (χ0v) is 17.1. The Morgan fingerprint density at radius 1 is 0.968 bits per heavy atom. The quantitative estimate of drug-likeness (QED) is 0.655. The highest BCUT2D eigenvalue weighted by Gasteiger charge is 2.41. The molecule has 2 atom stereocenters. The summed E-state index contributed by atoms with van der Waals surface area (Å²) in [5.41, 5.74) is 3.21. The third kappa shape index (κ3) is 3.18. The molecule has 7 heteroatoms. The minimum atomic E-state index is -0.514. The number of para-hydroxylation sites is 1. The van der Waals surface area contributed by atoms with Gasteiger partial charge in [0.15, 0.2) is 11.5 Å². The molecular weight excluding hydrogens is 396 g/mol. The van der Waals surface area contributed by atoms with E-state index in [0.29, 0.717) is 23.5 Å². The molecule has 0 saturated heterocycles. The van der Waals surface area contributed by atoms with Crippen molar-refractivity contribution in [2.45, 2.75) is 18.7 Å². The van der Waals surface area contributed by atoms with E-state index in [1.54, 1.807) is 43.5 Å². The van der Waals surface area contributed by atoms with Crippen molar-refractivity contribution in [3.8, 4) is 28.7 Å². The van der Waals surface area contributed by atoms with E-state index in [1.165, 1.54) is 7.11 Å². The van der Waals surface area contributed by atoms with Crippen molar-refractivity contribution in [2.75, 3.05) is 14.2 Å². The van der Waals surface area contributed by atoms with Crippen LogP contribution in [-0.4, -0.2) is 35.2 Å². The first-order valence-corrected chi connectivity index (χ1v) is 9.94. The van der Waals surface area contributed by atoms with Crippen molar-refractivity contribution >= 4 is 5.71 Å². The summed E-state index contributed by atoms with van der Waals surface area (Å²) >= 11 is 0. The number of hydrogen-bond donors (Lipinski definition) is 2. The number of ether oxygens (including phenoxy) is 3. The van der Waals surface area contributed by atoms with E-state index in [-0.39, 0.29) is 17.5 Å². The number of benzene rings is 3. The van der Waals surface area contributed by atoms with Gasteiger partial charge in [-0.2, -0.15) is 5.10 Å². The standard InChI is InChI=1S/C24H22N2O5/c1-29-15-8-10-20(27)17(12-15)18-13-19-16-5-3-4-6-22(16)31-24(26(19)25-18)14-7-9-21(28)23(11-14)30-2/h3-12,19,24,27-28H,13H2,1-2H3. The van der Waals surface area contributed by atoms with Gasteiger partial charge in [0, 0.05) is 23.1 Å². The van der Waals surface area contributed by atoms with Crippen LogP contribution in [0.25, 0.3) is 0 Å². The second-order valence-electron chi connectivity index (χ2n) is 7.47. The average Bonchev–Trinajstić information content (AvgIpc) is 3.25. The topological polar surface area (TPSA) is 83.8 Å². The van der Waals surface area contributed by atoms with E-state index in [9.17, 15) is 10.2 Å². The third-order valence-corrected chi connectivity index (χ3v) is 5.70. The van der Waals surface area contributed by atoms with Crippen LogP contribution < -0.4 is 14.2 Å². The molecule has 0 spiro atoms. The number of aromatic hydroxyl groups is 2. The Morgan fingerprint density at radius 2 is 1.77 bits per heavy atom. The number of hydrogen-bond acceptors (Lipinski definition) is 7. The first kappa shape index (κ1) is 19.1. The second kappa shape index (κ2) is 7.43. The maximum atomic E-state index is 10.5. The maximum absolute atomic E-state index is 10.5. The SMILES string of the molecule is COc1ccc(O)c(C2=NN3C(C2)c2ccccc2OC3c2ccc(O)c(OC)c2)c1. The summed E-state index contributed by atoms with van der Waals surface area (Å²) in [4.78, 5) is 0. The molecule has 0 saturated carbocycles. The molecular formula is C24H22N2O5. The molecule has 0 bridgehead atoms. The van der Waals surface area contributed by atoms with Crippen LogP contribution in [0.5, 0.6) is 28.7 Å². The Bertz CT molecular complexity index is 1180. The smallest absolute Gasteiger partial charge is 0.214 e. The fourth-order valence-corrected chi connectivity index (χ4v) is 4.14. The van der Waals surface area contributed by atoms with Crippen LogP contribution in [0.1, 0.15) is 35.4 Å². The van der Waals surface area contributed by atoms with Gasteiger partial charge in [-0.1, -0.05) is 18.2 Å². The van der Waals surface area contributed by atoms with E-state index >= 15 is 0 Å². The molecule has 3 aromatic rings. The lowest BCUT2D eigenvalue weighted by molar-refractivity contribution is -0.0191. The van der Waals surface area contributed by atoms with Crippen molar-refractivity contribution in [1.29, 1.82) is 0 Å². The van der Waals surface area contributed by atoms with Gasteiger partial charge in [0.2, 0.25) is 6.23 Å². The first-order chi connectivity index (χ1) is 15.1. The first-order valence-electron chi connectivity index (χ1n) is 9.94. The fourth-order valence-electron chi connectivity index (χ4n) is 4.14. The molecule has 31 heavy (non-hydrogen) atoms. The van der Waals surface area contributed by atoms with Gasteiger partial charge in [0.1, 0.15) is 17.2 Å². The minimum Gasteiger partial charge on any atom is -0.507 e. The molecule has 2 unspecified atom stereocenters. The number of phenolic OH excluding ortho intramolecular Hbond substituents is 2. The number of hydrazone groups is 1. The van der Waals surface area contributed by atoms with Crippen molar-refractivity contribution in [3.63, 3.8) is 0 Å². The summed E-state index contributed by atoms with van der Waals surface area (Å²) in [6.45, 7) is 0. The molecule has 2 N–H and O–H groups in total. The Balaban J connectivity index is 1.61. The summed E-state index contributed by atoms with van der Waals surface area (Å²) in [6.07, 6.45) is 0.0898. The fraction of sp³-hybridized carbons (Fsp3) is 0.208. The predicted octanol–water partition coefficient (Wildman–Crippen LogP) is 4.36. The van der Waals surface area contributed by atoms with Gasteiger partial charge < -0.3 is 24.4 Å². The normalized spacial score (nSPS) is 19.2. The van der Waals surface area contributed by atoms with Crippen molar-refractivity contribution in [1.82, 2.24) is 5.01 Å². The highest BCUT2D eigenvalue weighted by molar-refractivity contribution is 6.04. The number of rotatable bonds is 4. The molecule has 7 nitrogen and oxygen atoms in total. The Labute approximate surface area is 179 Å². The van der Waals surface area contributed by atoms with Crippen LogP contribution in [0.2, 0.25) is 0 Å². The minimum absolute atomic E-state index is 0.0599. The van der Waals surface area contributed by atoms with E-state index in [4.69, 9.17) is 19.3 Å². The van der Waals surface area contributed by atoms with Crippen LogP contribution in [0.3, 0.4) is 0 Å². The van der Waals surface area contributed by atoms with Gasteiger partial charge in [-0.15, -0.1) is 0 Å². The second-order valence-corrected chi connectivity index (χ2v) is 7.47. The van der Waals surface area contributed by atoms with Crippen LogP contribution in [0.4, 0.5) is 0 Å². The van der Waals surface area contributed by atoms with E-state index in [0.717, 1.165) is 22.6 Å². The number of fused-ring (bicyclic) bond motifs is 3. The molecule has 2 aliphatic rings. The van der Waals surface area contributed by atoms with Crippen molar-refractivity contribution in [2.24, 2.45) is 5.10 Å². The van der Waals surface area contributed by atoms with Gasteiger partial charge >= 0.3 is 0 Å². The lowest BCUT2D eigenvalue weighted by atomic mass is 9.95. The van der Waals surface area contributed by atoms with Gasteiger partial charge in [-0.05, 0) is 42.5 Å². The van der Waals surface area contributed by atoms with Crippen molar-refractivity contribution in [3.05, 3.63) is 77.4 Å². The van der Waals surface area contributed by atoms with Crippen LogP contribution >= 0.6 is 0 Å². The third-order valence-electron chi connectivity index (χ3n) is 5.70. The maximum Gasteiger partial charge on any atom is 0.214 e. The molecule has 0 aromatic heterocycles. The van der Waals surface area contributed by atoms with Gasteiger partial charge in [-0.3, -0.25) is 0 Å². The van der Waals surface area contributed by atoms with E-state index < -0.39 is 6.23 Å². The predicted molar refractivity (Wildman–Crippen MR) is 115 cm³/mol. The Morgan fingerprint density at radius 3 is 2.58 bits per heavy atom. The van der Waals surface area contributed by atoms with E-state index in [1.807, 2.05) is 29.3 Å². The van der Waals surface area contributed by atoms with Crippen LogP contribution in [-0.2, 0) is 0 Å². The molecule has 0 radical (unpaired) electrons. The van der Waals surface area contributed by atoms with Gasteiger partial charge in [-0.25, -0.2) is 5.01 Å². The lowest BCUT2D eigenvalue weighted by Gasteiger charge is -2.38. The summed E-state index contributed by atoms with van der Waals surface area (Å²) in [7, 11) is 3.10. The molecule has 0 aliphatic carbocycles. The Kier molecular flexibility index (Phi) is 4.58. The monoisotopic (exact) mass is 418 g/mol. The zero-order valence-electron chi connectivity index (χ0n) is 17.1. The van der Waals surface area contributed by atoms with Crippen LogP contribution in [0, 0.1) is 0 Å². The average molecular weight is 418 g/mol. The largest absolute Gasteiger partial charge is 0.507 e. The van der Waals surface area contributed by atoms with Gasteiger partial charge in [0.05, 0.1) is 26.0 Å². The molecule has 5 rings (SSSR count). The number of nitrogens with zero attached hydrogens (tertiary/aromatic N) is 2. The summed E-state index contributed by atoms with van der Waals surface area (Å²) in [5, 5.41) is 27.2. The van der Waals surface area contributed by atoms with Crippen molar-refractivity contribution < 1.29 is 24.4 Å². The highest BCUT2D eigenvalue weighted by atomic mass is 16.5. The molecule has 158 valence electrons. The van der Waals surface area contributed by atoms with Gasteiger partial charge in [0.25, 0.3) is 0 Å². The zero-order chi connectivity index (χ0) is 21.5. The summed E-state index contributed by atoms with van der Waals surface area (Å²) < 4.78 is 16.9. The number of methoxy groups -OCH3 is 2. The molecule has 3 aromatic carbocycles.